The van der Waals surface area contributed by atoms with Crippen molar-refractivity contribution < 1.29 is 23.8 Å². The van der Waals surface area contributed by atoms with Crippen molar-refractivity contribution in [3.8, 4) is 17.2 Å². The van der Waals surface area contributed by atoms with Crippen LogP contribution in [-0.4, -0.2) is 68.1 Å². The maximum Gasteiger partial charge on any atom is 0.260 e. The number of benzene rings is 2. The van der Waals surface area contributed by atoms with Crippen LogP contribution >= 0.6 is 0 Å². The summed E-state index contributed by atoms with van der Waals surface area (Å²) in [7, 11) is 1.56. The molecule has 1 aliphatic rings. The fourth-order valence-electron chi connectivity index (χ4n) is 3.17. The van der Waals surface area contributed by atoms with Gasteiger partial charge in [-0.05, 0) is 43.3 Å². The summed E-state index contributed by atoms with van der Waals surface area (Å²) >= 11 is 0. The predicted molar refractivity (Wildman–Crippen MR) is 109 cm³/mol. The van der Waals surface area contributed by atoms with E-state index >= 15 is 0 Å². The minimum atomic E-state index is -0.107. The Hall–Kier alpha value is -3.22. The molecule has 7 heteroatoms. The van der Waals surface area contributed by atoms with Crippen LogP contribution in [-0.2, 0) is 4.79 Å². The highest BCUT2D eigenvalue weighted by Gasteiger charge is 2.25. The largest absolute Gasteiger partial charge is 0.494 e. The average molecular weight is 398 g/mol. The normalized spacial score (nSPS) is 13.7. The van der Waals surface area contributed by atoms with Crippen molar-refractivity contribution in [3.05, 3.63) is 54.1 Å². The minimum Gasteiger partial charge on any atom is -0.494 e. The van der Waals surface area contributed by atoms with E-state index in [9.17, 15) is 9.59 Å². The Labute approximate surface area is 170 Å². The van der Waals surface area contributed by atoms with Crippen LogP contribution in [0.2, 0.25) is 0 Å². The number of hydrogen-bond donors (Lipinski definition) is 0. The number of carbonyl (C=O) groups is 2. The van der Waals surface area contributed by atoms with Gasteiger partial charge in [0.15, 0.2) is 18.1 Å². The van der Waals surface area contributed by atoms with Gasteiger partial charge in [0.05, 0.1) is 13.7 Å². The number of rotatable bonds is 7. The molecule has 2 aromatic carbocycles. The summed E-state index contributed by atoms with van der Waals surface area (Å²) < 4.78 is 16.2. The standard InChI is InChI=1S/C22H26N2O5/c1-3-28-18-10-8-17(9-11-18)22(26)24-14-12-23(13-15-24)21(25)16-29-20-7-5-4-6-19(20)27-2/h4-11H,3,12-16H2,1-2H3. The first-order valence-electron chi connectivity index (χ1n) is 9.68. The maximum atomic E-state index is 12.7. The SMILES string of the molecule is CCOc1ccc(C(=O)N2CCN(C(=O)COc3ccccc3OC)CC2)cc1. The van der Waals surface area contributed by atoms with Crippen LogP contribution in [0.15, 0.2) is 48.5 Å². The Morgan fingerprint density at radius 3 is 2.10 bits per heavy atom. The first-order chi connectivity index (χ1) is 14.1. The van der Waals surface area contributed by atoms with Crippen molar-refractivity contribution in [2.24, 2.45) is 0 Å². The Bertz CT molecular complexity index is 829. The Morgan fingerprint density at radius 2 is 1.48 bits per heavy atom. The van der Waals surface area contributed by atoms with Gasteiger partial charge < -0.3 is 24.0 Å². The second-order valence-corrected chi connectivity index (χ2v) is 6.57. The monoisotopic (exact) mass is 398 g/mol. The van der Waals surface area contributed by atoms with Gasteiger partial charge in [-0.25, -0.2) is 0 Å². The summed E-state index contributed by atoms with van der Waals surface area (Å²) in [5, 5.41) is 0. The molecule has 1 fully saturated rings. The molecule has 0 saturated carbocycles. The topological polar surface area (TPSA) is 68.3 Å². The molecule has 154 valence electrons. The molecule has 0 radical (unpaired) electrons. The van der Waals surface area contributed by atoms with Crippen molar-refractivity contribution in [2.45, 2.75) is 6.92 Å². The van der Waals surface area contributed by atoms with Gasteiger partial charge in [0, 0.05) is 31.7 Å². The van der Waals surface area contributed by atoms with Gasteiger partial charge in [-0.15, -0.1) is 0 Å². The molecule has 0 aromatic heterocycles. The number of ether oxygens (including phenoxy) is 3. The summed E-state index contributed by atoms with van der Waals surface area (Å²) in [6.45, 7) is 4.39. The van der Waals surface area contributed by atoms with Crippen molar-refractivity contribution >= 4 is 11.8 Å². The second kappa shape index (κ2) is 9.82. The third-order valence-electron chi connectivity index (χ3n) is 4.75. The molecule has 1 aliphatic heterocycles. The molecule has 2 amide bonds. The van der Waals surface area contributed by atoms with E-state index in [1.165, 1.54) is 0 Å². The van der Waals surface area contributed by atoms with Crippen LogP contribution in [0, 0.1) is 0 Å². The smallest absolute Gasteiger partial charge is 0.260 e. The molecule has 0 aliphatic carbocycles. The highest BCUT2D eigenvalue weighted by Crippen LogP contribution is 2.25. The fourth-order valence-corrected chi connectivity index (χ4v) is 3.17. The Balaban J connectivity index is 1.49. The molecule has 7 nitrogen and oxygen atoms in total. The van der Waals surface area contributed by atoms with Crippen LogP contribution < -0.4 is 14.2 Å². The quantitative estimate of drug-likeness (QED) is 0.717. The van der Waals surface area contributed by atoms with Crippen molar-refractivity contribution in [1.82, 2.24) is 9.80 Å². The minimum absolute atomic E-state index is 0.0366. The second-order valence-electron chi connectivity index (χ2n) is 6.57. The van der Waals surface area contributed by atoms with Gasteiger partial charge in [0.2, 0.25) is 0 Å². The summed E-state index contributed by atoms with van der Waals surface area (Å²) in [4.78, 5) is 28.6. The van der Waals surface area contributed by atoms with Crippen LogP contribution in [0.1, 0.15) is 17.3 Å². The lowest BCUT2D eigenvalue weighted by atomic mass is 10.1. The zero-order valence-electron chi connectivity index (χ0n) is 16.8. The molecule has 0 unspecified atom stereocenters. The molecule has 0 spiro atoms. The highest BCUT2D eigenvalue weighted by atomic mass is 16.5. The fraction of sp³-hybridized carbons (Fsp3) is 0.364. The summed E-state index contributed by atoms with van der Waals surface area (Å²) in [6, 6.07) is 14.3. The first kappa shape index (κ1) is 20.5. The number of piperazine rings is 1. The number of amides is 2. The number of methoxy groups -OCH3 is 1. The first-order valence-corrected chi connectivity index (χ1v) is 9.68. The zero-order chi connectivity index (χ0) is 20.6. The van der Waals surface area contributed by atoms with Crippen molar-refractivity contribution in [1.29, 1.82) is 0 Å². The van der Waals surface area contributed by atoms with Gasteiger partial charge in [0.25, 0.3) is 11.8 Å². The molecule has 3 rings (SSSR count). The molecule has 0 atom stereocenters. The molecule has 0 bridgehead atoms. The van der Waals surface area contributed by atoms with Gasteiger partial charge >= 0.3 is 0 Å². The zero-order valence-corrected chi connectivity index (χ0v) is 16.8. The number of nitrogens with zero attached hydrogens (tertiary/aromatic N) is 2. The lowest BCUT2D eigenvalue weighted by Crippen LogP contribution is -2.51. The van der Waals surface area contributed by atoms with Gasteiger partial charge in [0.1, 0.15) is 5.75 Å². The molecular formula is C22H26N2O5. The third-order valence-corrected chi connectivity index (χ3v) is 4.75. The van der Waals surface area contributed by atoms with E-state index in [1.807, 2.05) is 19.1 Å². The maximum absolute atomic E-state index is 12.7. The average Bonchev–Trinajstić information content (AvgIpc) is 2.78. The third kappa shape index (κ3) is 5.19. The van der Waals surface area contributed by atoms with E-state index in [4.69, 9.17) is 14.2 Å². The van der Waals surface area contributed by atoms with Gasteiger partial charge in [-0.3, -0.25) is 9.59 Å². The lowest BCUT2D eigenvalue weighted by molar-refractivity contribution is -0.134. The van der Waals surface area contributed by atoms with E-state index in [0.29, 0.717) is 49.8 Å². The van der Waals surface area contributed by atoms with E-state index in [2.05, 4.69) is 0 Å². The number of carbonyl (C=O) groups excluding carboxylic acids is 2. The van der Waals surface area contributed by atoms with Gasteiger partial charge in [-0.2, -0.15) is 0 Å². The number of para-hydroxylation sites is 2. The van der Waals surface area contributed by atoms with Crippen LogP contribution in [0.25, 0.3) is 0 Å². The van der Waals surface area contributed by atoms with E-state index in [-0.39, 0.29) is 18.4 Å². The lowest BCUT2D eigenvalue weighted by Gasteiger charge is -2.34. The molecular weight excluding hydrogens is 372 g/mol. The van der Waals surface area contributed by atoms with Crippen LogP contribution in [0.3, 0.4) is 0 Å². The van der Waals surface area contributed by atoms with E-state index < -0.39 is 0 Å². The van der Waals surface area contributed by atoms with E-state index in [1.54, 1.807) is 53.3 Å². The van der Waals surface area contributed by atoms with Crippen LogP contribution in [0.4, 0.5) is 0 Å². The van der Waals surface area contributed by atoms with Crippen LogP contribution in [0.5, 0.6) is 17.2 Å². The van der Waals surface area contributed by atoms with Gasteiger partial charge in [-0.1, -0.05) is 12.1 Å². The molecule has 2 aromatic rings. The summed E-state index contributed by atoms with van der Waals surface area (Å²) in [6.07, 6.45) is 0. The highest BCUT2D eigenvalue weighted by molar-refractivity contribution is 5.94. The Kier molecular flexibility index (Phi) is 6.94. The molecule has 1 heterocycles. The number of hydrogen-bond acceptors (Lipinski definition) is 5. The van der Waals surface area contributed by atoms with Crippen molar-refractivity contribution in [2.75, 3.05) is 46.5 Å². The van der Waals surface area contributed by atoms with E-state index in [0.717, 1.165) is 5.75 Å². The van der Waals surface area contributed by atoms with Crippen molar-refractivity contribution in [3.63, 3.8) is 0 Å². The Morgan fingerprint density at radius 1 is 0.862 bits per heavy atom. The molecule has 29 heavy (non-hydrogen) atoms. The molecule has 0 N–H and O–H groups in total. The summed E-state index contributed by atoms with van der Waals surface area (Å²) in [5.41, 5.74) is 0.618. The predicted octanol–water partition coefficient (Wildman–Crippen LogP) is 2.46. The summed E-state index contributed by atoms with van der Waals surface area (Å²) in [5.74, 6) is 1.72. The molecule has 1 saturated heterocycles.